The lowest BCUT2D eigenvalue weighted by Crippen LogP contribution is -2.39. The molecule has 3 N–H and O–H groups in total. The second-order valence-corrected chi connectivity index (χ2v) is 12.0. The van der Waals surface area contributed by atoms with Crippen LogP contribution in [0.3, 0.4) is 0 Å². The maximum absolute atomic E-state index is 14.4. The Hall–Kier alpha value is -2.69. The summed E-state index contributed by atoms with van der Waals surface area (Å²) < 4.78 is 0. The molecule has 4 aliphatic rings. The number of anilines is 1. The summed E-state index contributed by atoms with van der Waals surface area (Å²) in [5, 5.41) is 10.8. The Bertz CT molecular complexity index is 1300. The molecule has 6 nitrogen and oxygen atoms in total. The molecular formula is C30H38N3O3P. The number of rotatable bonds is 5. The molecular weight excluding hydrogens is 481 g/mol. The lowest BCUT2D eigenvalue weighted by molar-refractivity contribution is -0.114. The number of hydrogen-bond donors (Lipinski definition) is 2. The summed E-state index contributed by atoms with van der Waals surface area (Å²) >= 11 is 0. The third-order valence-electron chi connectivity index (χ3n) is 8.74. The topological polar surface area (TPSA) is 86.9 Å². The van der Waals surface area contributed by atoms with E-state index in [9.17, 15) is 14.7 Å². The number of carbonyl (C=O) groups excluding carboxylic acids is 2. The second kappa shape index (κ2) is 9.89. The van der Waals surface area contributed by atoms with Crippen molar-refractivity contribution in [2.75, 3.05) is 38.7 Å². The van der Waals surface area contributed by atoms with E-state index in [1.807, 2.05) is 12.5 Å². The summed E-state index contributed by atoms with van der Waals surface area (Å²) in [5.41, 5.74) is 14.2. The van der Waals surface area contributed by atoms with Crippen molar-refractivity contribution in [2.24, 2.45) is 23.5 Å². The molecule has 0 spiro atoms. The van der Waals surface area contributed by atoms with E-state index in [0.29, 0.717) is 15.0 Å². The van der Waals surface area contributed by atoms with Gasteiger partial charge in [0.15, 0.2) is 5.78 Å². The molecule has 4 atom stereocenters. The van der Waals surface area contributed by atoms with Crippen molar-refractivity contribution >= 4 is 26.0 Å². The summed E-state index contributed by atoms with van der Waals surface area (Å²) in [6.07, 6.45) is 6.45. The normalized spacial score (nSPS) is 26.8. The number of aliphatic hydroxyl groups excluding tert-OH is 1. The molecule has 1 heterocycles. The summed E-state index contributed by atoms with van der Waals surface area (Å²) in [6.45, 7) is 8.92. The number of nitrogens with two attached hydrogens (primary N) is 1. The van der Waals surface area contributed by atoms with Gasteiger partial charge in [0.25, 0.3) is 5.91 Å². The number of primary amides is 1. The lowest BCUT2D eigenvalue weighted by Gasteiger charge is -2.45. The average Bonchev–Trinajstić information content (AvgIpc) is 3.33. The van der Waals surface area contributed by atoms with E-state index in [-0.39, 0.29) is 34.9 Å². The minimum atomic E-state index is -0.590. The highest BCUT2D eigenvalue weighted by atomic mass is 31.1. The standard InChI is InChI=1S/C30H38N3O3P/c1-16-20(14-33-8-6-7-9-33)12-23(32(3)4)21-11-18-10-19-13-24(34)28(30(31)36)22(15-37-5)25(19)17(2)26(18)29(35)27(16)21/h6-7,12,15,18-19,25,34,37H,8-11,13-14H2,1-5H3,(H2,31,36)/b22-15+. The van der Waals surface area contributed by atoms with Gasteiger partial charge in [0.05, 0.1) is 5.57 Å². The van der Waals surface area contributed by atoms with Crippen LogP contribution in [0.5, 0.6) is 0 Å². The molecule has 1 amide bonds. The Morgan fingerprint density at radius 3 is 2.57 bits per heavy atom. The highest BCUT2D eigenvalue weighted by Crippen LogP contribution is 2.53. The first-order valence-electron chi connectivity index (χ1n) is 13.2. The Morgan fingerprint density at radius 1 is 1.24 bits per heavy atom. The van der Waals surface area contributed by atoms with Gasteiger partial charge < -0.3 is 15.7 Å². The molecule has 0 aromatic heterocycles. The smallest absolute Gasteiger partial charge is 0.252 e. The van der Waals surface area contributed by atoms with Crippen LogP contribution in [0.15, 0.2) is 52.1 Å². The molecule has 4 unspecified atom stereocenters. The second-order valence-electron chi connectivity index (χ2n) is 11.2. The highest BCUT2D eigenvalue weighted by molar-refractivity contribution is 7.40. The summed E-state index contributed by atoms with van der Waals surface area (Å²) in [4.78, 5) is 31.3. The van der Waals surface area contributed by atoms with E-state index in [1.54, 1.807) is 0 Å². The zero-order valence-corrected chi connectivity index (χ0v) is 23.5. The molecule has 0 radical (unpaired) electrons. The van der Waals surface area contributed by atoms with Crippen LogP contribution in [-0.2, 0) is 17.8 Å². The average molecular weight is 520 g/mol. The van der Waals surface area contributed by atoms with Crippen LogP contribution in [-0.4, -0.2) is 55.5 Å². The molecule has 37 heavy (non-hydrogen) atoms. The third kappa shape index (κ3) is 4.28. The van der Waals surface area contributed by atoms with Gasteiger partial charge in [0.1, 0.15) is 5.76 Å². The van der Waals surface area contributed by atoms with E-state index in [4.69, 9.17) is 5.73 Å². The fourth-order valence-corrected chi connectivity index (χ4v) is 7.84. The number of aliphatic hydroxyl groups is 1. The number of carbonyl (C=O) groups is 2. The quantitative estimate of drug-likeness (QED) is 0.438. The van der Waals surface area contributed by atoms with Crippen molar-refractivity contribution in [2.45, 2.75) is 39.7 Å². The molecule has 0 bridgehead atoms. The van der Waals surface area contributed by atoms with E-state index < -0.39 is 5.91 Å². The highest BCUT2D eigenvalue weighted by Gasteiger charge is 2.46. The van der Waals surface area contributed by atoms with Gasteiger partial charge in [-0.2, -0.15) is 0 Å². The van der Waals surface area contributed by atoms with E-state index in [2.05, 4.69) is 56.0 Å². The van der Waals surface area contributed by atoms with Gasteiger partial charge in [-0.15, -0.1) is 8.58 Å². The van der Waals surface area contributed by atoms with Crippen LogP contribution in [0.25, 0.3) is 0 Å². The Kier molecular flexibility index (Phi) is 6.93. The summed E-state index contributed by atoms with van der Waals surface area (Å²) in [6, 6.07) is 2.28. The van der Waals surface area contributed by atoms with Crippen LogP contribution in [0.4, 0.5) is 5.69 Å². The first-order valence-corrected chi connectivity index (χ1v) is 14.8. The van der Waals surface area contributed by atoms with Crippen molar-refractivity contribution in [1.29, 1.82) is 0 Å². The van der Waals surface area contributed by atoms with Gasteiger partial charge in [0, 0.05) is 62.9 Å². The predicted molar refractivity (Wildman–Crippen MR) is 152 cm³/mol. The van der Waals surface area contributed by atoms with Crippen molar-refractivity contribution in [3.05, 3.63) is 74.3 Å². The Balaban J connectivity index is 1.64. The first kappa shape index (κ1) is 25.9. The number of amides is 1. The maximum Gasteiger partial charge on any atom is 0.252 e. The van der Waals surface area contributed by atoms with Crippen molar-refractivity contribution < 1.29 is 14.7 Å². The molecule has 1 aromatic rings. The monoisotopic (exact) mass is 519 g/mol. The molecule has 7 heteroatoms. The van der Waals surface area contributed by atoms with Crippen LogP contribution in [0, 0.1) is 24.7 Å². The maximum atomic E-state index is 14.4. The van der Waals surface area contributed by atoms with Gasteiger partial charge in [-0.25, -0.2) is 0 Å². The molecule has 1 aromatic carbocycles. The molecule has 196 valence electrons. The number of fused-ring (bicyclic) bond motifs is 3. The van der Waals surface area contributed by atoms with Crippen LogP contribution >= 0.6 is 8.58 Å². The van der Waals surface area contributed by atoms with E-state index in [0.717, 1.165) is 71.6 Å². The Labute approximate surface area is 221 Å². The zero-order chi connectivity index (χ0) is 26.6. The molecule has 0 saturated carbocycles. The van der Waals surface area contributed by atoms with E-state index in [1.165, 1.54) is 5.56 Å². The number of hydrogen-bond acceptors (Lipinski definition) is 5. The lowest BCUT2D eigenvalue weighted by atomic mass is 9.59. The number of nitrogens with zero attached hydrogens (tertiary/aromatic N) is 2. The fraction of sp³-hybridized carbons (Fsp3) is 0.467. The SMILES string of the molecule is CP/C=C1/C(C(N)=O)=C(O)CC2CC3Cc4c(N(C)C)cc(CN5CC=CC5)c(C)c4C(=O)C3=C(C)C12. The van der Waals surface area contributed by atoms with Gasteiger partial charge in [-0.05, 0) is 73.5 Å². The number of allylic oxidation sites excluding steroid dienone is 3. The largest absolute Gasteiger partial charge is 0.511 e. The fourth-order valence-electron chi connectivity index (χ4n) is 7.20. The van der Waals surface area contributed by atoms with E-state index >= 15 is 0 Å². The Morgan fingerprint density at radius 2 is 1.95 bits per heavy atom. The van der Waals surface area contributed by atoms with Gasteiger partial charge in [-0.3, -0.25) is 14.5 Å². The molecule has 5 rings (SSSR count). The van der Waals surface area contributed by atoms with Gasteiger partial charge in [0.2, 0.25) is 0 Å². The third-order valence-corrected chi connectivity index (χ3v) is 9.34. The van der Waals surface area contributed by atoms with Crippen molar-refractivity contribution in [3.63, 3.8) is 0 Å². The molecule has 1 aliphatic heterocycles. The van der Waals surface area contributed by atoms with Crippen molar-refractivity contribution in [3.8, 4) is 0 Å². The van der Waals surface area contributed by atoms with Crippen LogP contribution in [0.1, 0.15) is 46.8 Å². The minimum absolute atomic E-state index is 0.0601. The predicted octanol–water partition coefficient (Wildman–Crippen LogP) is 4.63. The number of ketones is 1. The van der Waals surface area contributed by atoms with Crippen LogP contribution < -0.4 is 10.6 Å². The van der Waals surface area contributed by atoms with Gasteiger partial charge in [-0.1, -0.05) is 23.5 Å². The molecule has 3 aliphatic carbocycles. The van der Waals surface area contributed by atoms with Crippen molar-refractivity contribution in [1.82, 2.24) is 4.90 Å². The summed E-state index contributed by atoms with van der Waals surface area (Å²) in [5.74, 6) is 1.89. The minimum Gasteiger partial charge on any atom is -0.511 e. The zero-order valence-electron chi connectivity index (χ0n) is 22.5. The number of benzene rings is 1. The number of Topliss-reactive ketones (excluding diaryl/α,β-unsaturated/α-hetero) is 1. The van der Waals surface area contributed by atoms with Crippen LogP contribution in [0.2, 0.25) is 0 Å². The van der Waals surface area contributed by atoms with Gasteiger partial charge >= 0.3 is 0 Å². The summed E-state index contributed by atoms with van der Waals surface area (Å²) in [7, 11) is 4.59. The molecule has 0 fully saturated rings. The molecule has 0 saturated heterocycles. The first-order chi connectivity index (χ1) is 17.6.